The van der Waals surface area contributed by atoms with Gasteiger partial charge < -0.3 is 10.2 Å². The van der Waals surface area contributed by atoms with Gasteiger partial charge in [-0.1, -0.05) is 27.7 Å². The first-order valence-electron chi connectivity index (χ1n) is 7.03. The Balaban J connectivity index is 3.32. The molecule has 0 saturated heterocycles. The number of nitrogens with two attached hydrogens (primary N) is 1. The van der Waals surface area contributed by atoms with Gasteiger partial charge in [-0.2, -0.15) is 0 Å². The van der Waals surface area contributed by atoms with Gasteiger partial charge in [0.25, 0.3) is 0 Å². The smallest absolute Gasteiger partial charge is 0.162 e. The molecule has 5 nitrogen and oxygen atoms in total. The second kappa shape index (κ2) is 6.82. The molecule has 0 spiro atoms. The van der Waals surface area contributed by atoms with Gasteiger partial charge in [0.05, 0.1) is 0 Å². The van der Waals surface area contributed by atoms with E-state index in [-0.39, 0.29) is 0 Å². The van der Waals surface area contributed by atoms with E-state index in [0.717, 1.165) is 24.4 Å². The number of hydrogen-bond donors (Lipinski definition) is 2. The van der Waals surface area contributed by atoms with Crippen molar-refractivity contribution in [3.05, 3.63) is 17.6 Å². The lowest BCUT2D eigenvalue weighted by Gasteiger charge is -2.30. The molecule has 1 heterocycles. The van der Waals surface area contributed by atoms with Gasteiger partial charge in [-0.25, -0.2) is 15.8 Å². The van der Waals surface area contributed by atoms with Gasteiger partial charge in [0.1, 0.15) is 11.4 Å². The van der Waals surface area contributed by atoms with Crippen molar-refractivity contribution < 1.29 is 4.74 Å². The predicted molar refractivity (Wildman–Crippen MR) is 77.8 cm³/mol. The molecular weight excluding hydrogens is 240 g/mol. The third-order valence-corrected chi connectivity index (χ3v) is 3.46. The third kappa shape index (κ3) is 3.42. The molecule has 5 heteroatoms. The maximum atomic E-state index is 5.95. The minimum Gasteiger partial charge on any atom is -0.367 e. The lowest BCUT2D eigenvalue weighted by molar-refractivity contribution is -0.0572. The quantitative estimate of drug-likeness (QED) is 0.586. The molecule has 0 aliphatic carbocycles. The summed E-state index contributed by atoms with van der Waals surface area (Å²) in [6.45, 7) is 11.0. The molecule has 0 saturated carbocycles. The largest absolute Gasteiger partial charge is 0.367 e. The predicted octanol–water partition coefficient (Wildman–Crippen LogP) is 2.94. The Morgan fingerprint density at radius 1 is 1.26 bits per heavy atom. The molecule has 1 aromatic heterocycles. The van der Waals surface area contributed by atoms with Crippen molar-refractivity contribution in [2.75, 3.05) is 12.0 Å². The van der Waals surface area contributed by atoms with Crippen molar-refractivity contribution in [3.63, 3.8) is 0 Å². The Hall–Kier alpha value is -1.20. The molecule has 1 aromatic rings. The summed E-state index contributed by atoms with van der Waals surface area (Å²) >= 11 is 0. The lowest BCUT2D eigenvalue weighted by Crippen LogP contribution is -2.32. The number of hydrogen-bond acceptors (Lipinski definition) is 5. The number of ether oxygens (including phenoxy) is 1. The Morgan fingerprint density at radius 2 is 1.89 bits per heavy atom. The first-order valence-corrected chi connectivity index (χ1v) is 7.03. The highest BCUT2D eigenvalue weighted by Gasteiger charge is 2.33. The second-order valence-corrected chi connectivity index (χ2v) is 4.94. The van der Waals surface area contributed by atoms with Crippen molar-refractivity contribution in [1.29, 1.82) is 0 Å². The average molecular weight is 266 g/mol. The van der Waals surface area contributed by atoms with Crippen molar-refractivity contribution in [2.24, 2.45) is 5.84 Å². The average Bonchev–Trinajstić information content (AvgIpc) is 2.44. The molecule has 0 aliphatic heterocycles. The highest BCUT2D eigenvalue weighted by molar-refractivity contribution is 5.36. The maximum absolute atomic E-state index is 5.95. The molecule has 108 valence electrons. The molecule has 0 bridgehead atoms. The van der Waals surface area contributed by atoms with Crippen LogP contribution in [0.1, 0.15) is 64.9 Å². The van der Waals surface area contributed by atoms with Crippen LogP contribution < -0.4 is 11.3 Å². The number of nitrogen functional groups attached to an aromatic ring is 1. The molecule has 3 N–H and O–H groups in total. The fourth-order valence-electron chi connectivity index (χ4n) is 2.15. The summed E-state index contributed by atoms with van der Waals surface area (Å²) in [7, 11) is 0. The zero-order valence-corrected chi connectivity index (χ0v) is 12.7. The summed E-state index contributed by atoms with van der Waals surface area (Å²) in [5, 5.41) is 0. The first-order chi connectivity index (χ1) is 9.02. The monoisotopic (exact) mass is 266 g/mol. The fraction of sp³-hybridized carbons (Fsp3) is 0.714. The van der Waals surface area contributed by atoms with Crippen LogP contribution in [0.5, 0.6) is 0 Å². The van der Waals surface area contributed by atoms with Gasteiger partial charge in [0.2, 0.25) is 0 Å². The normalized spacial score (nSPS) is 11.9. The summed E-state index contributed by atoms with van der Waals surface area (Å²) in [5.74, 6) is 7.19. The van der Waals surface area contributed by atoms with Crippen molar-refractivity contribution in [3.8, 4) is 0 Å². The number of nitrogens with zero attached hydrogens (tertiary/aromatic N) is 2. The molecule has 0 amide bonds. The SMILES string of the molecule is CCOC(CC)(CC)c1nc(NN)cc(C(C)C)n1. The van der Waals surface area contributed by atoms with Crippen molar-refractivity contribution >= 4 is 5.82 Å². The van der Waals surface area contributed by atoms with Crippen molar-refractivity contribution in [1.82, 2.24) is 9.97 Å². The van der Waals surface area contributed by atoms with Crippen molar-refractivity contribution in [2.45, 2.75) is 59.0 Å². The molecule has 0 atom stereocenters. The van der Waals surface area contributed by atoms with E-state index in [1.165, 1.54) is 0 Å². The Bertz CT molecular complexity index is 402. The number of aromatic nitrogens is 2. The maximum Gasteiger partial charge on any atom is 0.162 e. The lowest BCUT2D eigenvalue weighted by atomic mass is 9.95. The zero-order chi connectivity index (χ0) is 14.5. The topological polar surface area (TPSA) is 73.1 Å². The minimum atomic E-state index is -0.425. The van der Waals surface area contributed by atoms with E-state index in [1.807, 2.05) is 13.0 Å². The Labute approximate surface area is 115 Å². The number of hydrazine groups is 1. The highest BCUT2D eigenvalue weighted by Crippen LogP contribution is 2.32. The van der Waals surface area contributed by atoms with Gasteiger partial charge in [0, 0.05) is 18.4 Å². The van der Waals surface area contributed by atoms with Gasteiger partial charge in [-0.05, 0) is 25.7 Å². The van der Waals surface area contributed by atoms with Gasteiger partial charge in [-0.15, -0.1) is 0 Å². The first kappa shape index (κ1) is 15.9. The Kier molecular flexibility index (Phi) is 5.69. The third-order valence-electron chi connectivity index (χ3n) is 3.46. The summed E-state index contributed by atoms with van der Waals surface area (Å²) < 4.78 is 5.95. The molecular formula is C14H26N4O. The van der Waals surface area contributed by atoms with E-state index in [4.69, 9.17) is 10.6 Å². The Morgan fingerprint density at radius 3 is 2.32 bits per heavy atom. The van der Waals surface area contributed by atoms with E-state index in [2.05, 4.69) is 43.1 Å². The van der Waals surface area contributed by atoms with Crippen LogP contribution in [-0.2, 0) is 10.3 Å². The highest BCUT2D eigenvalue weighted by atomic mass is 16.5. The van der Waals surface area contributed by atoms with E-state index >= 15 is 0 Å². The van der Waals surface area contributed by atoms with E-state index in [0.29, 0.717) is 18.3 Å². The van der Waals surface area contributed by atoms with Crippen LogP contribution in [0, 0.1) is 0 Å². The van der Waals surface area contributed by atoms with Crippen LogP contribution in [0.15, 0.2) is 6.07 Å². The van der Waals surface area contributed by atoms with Crippen LogP contribution in [-0.4, -0.2) is 16.6 Å². The molecule has 1 rings (SSSR count). The molecule has 0 radical (unpaired) electrons. The molecule has 0 aliphatic rings. The number of nitrogens with one attached hydrogen (secondary N) is 1. The fourth-order valence-corrected chi connectivity index (χ4v) is 2.15. The van der Waals surface area contributed by atoms with Gasteiger partial charge >= 0.3 is 0 Å². The number of anilines is 1. The second-order valence-electron chi connectivity index (χ2n) is 4.94. The van der Waals surface area contributed by atoms with E-state index < -0.39 is 5.60 Å². The molecule has 0 aromatic carbocycles. The van der Waals surface area contributed by atoms with Crippen LogP contribution in [0.4, 0.5) is 5.82 Å². The summed E-state index contributed by atoms with van der Waals surface area (Å²) in [4.78, 5) is 9.18. The zero-order valence-electron chi connectivity index (χ0n) is 12.7. The van der Waals surface area contributed by atoms with Crippen LogP contribution >= 0.6 is 0 Å². The van der Waals surface area contributed by atoms with E-state index in [1.54, 1.807) is 0 Å². The summed E-state index contributed by atoms with van der Waals surface area (Å²) in [5.41, 5.74) is 3.17. The van der Waals surface area contributed by atoms with Gasteiger partial charge in [0.15, 0.2) is 5.82 Å². The minimum absolute atomic E-state index is 0.321. The van der Waals surface area contributed by atoms with Crippen LogP contribution in [0.2, 0.25) is 0 Å². The molecule has 0 fully saturated rings. The molecule has 0 unspecified atom stereocenters. The van der Waals surface area contributed by atoms with E-state index in [9.17, 15) is 0 Å². The number of rotatable bonds is 7. The standard InChI is InChI=1S/C14H26N4O/c1-6-14(7-2,19-8-3)13-16-11(10(4)5)9-12(17-13)18-15/h9-10H,6-8,15H2,1-5H3,(H,16,17,18). The summed E-state index contributed by atoms with van der Waals surface area (Å²) in [6, 6.07) is 1.89. The van der Waals surface area contributed by atoms with Gasteiger partial charge in [-0.3, -0.25) is 0 Å². The summed E-state index contributed by atoms with van der Waals surface area (Å²) in [6.07, 6.45) is 1.67. The van der Waals surface area contributed by atoms with Crippen LogP contribution in [0.25, 0.3) is 0 Å². The molecule has 19 heavy (non-hydrogen) atoms. The van der Waals surface area contributed by atoms with Crippen LogP contribution in [0.3, 0.4) is 0 Å².